The van der Waals surface area contributed by atoms with Gasteiger partial charge in [0, 0.05) is 0 Å². The van der Waals surface area contributed by atoms with Crippen molar-refractivity contribution in [3.63, 3.8) is 0 Å². The van der Waals surface area contributed by atoms with Crippen LogP contribution in [-0.2, 0) is 0 Å². The molecule has 0 fully saturated rings. The Morgan fingerprint density at radius 3 is 2.35 bits per heavy atom. The molecule has 0 aliphatic heterocycles. The van der Waals surface area contributed by atoms with Crippen LogP contribution in [-0.4, -0.2) is 18.2 Å². The third-order valence-corrected chi connectivity index (χ3v) is 2.50. The van der Waals surface area contributed by atoms with E-state index < -0.39 is 5.97 Å². The second-order valence-electron chi connectivity index (χ2n) is 3.62. The minimum Gasteiger partial charge on any atom is -0.497 e. The highest BCUT2D eigenvalue weighted by Gasteiger charge is 2.08. The van der Waals surface area contributed by atoms with Crippen LogP contribution in [0.1, 0.15) is 10.4 Å². The lowest BCUT2D eigenvalue weighted by molar-refractivity contribution is 0.0696. The zero-order valence-electron chi connectivity index (χ0n) is 9.38. The highest BCUT2D eigenvalue weighted by Crippen LogP contribution is 2.25. The SMILES string of the molecule is COc1cc(C(=O)O)cc(-c2ccccc2)c1. The minimum absolute atomic E-state index is 0.225. The molecule has 0 amide bonds. The highest BCUT2D eigenvalue weighted by atomic mass is 16.5. The molecular weight excluding hydrogens is 216 g/mol. The van der Waals surface area contributed by atoms with Gasteiger partial charge in [-0.3, -0.25) is 0 Å². The molecule has 2 rings (SSSR count). The summed E-state index contributed by atoms with van der Waals surface area (Å²) < 4.78 is 5.10. The Labute approximate surface area is 99.3 Å². The van der Waals surface area contributed by atoms with E-state index in [9.17, 15) is 4.79 Å². The number of rotatable bonds is 3. The van der Waals surface area contributed by atoms with E-state index in [-0.39, 0.29) is 5.56 Å². The molecule has 86 valence electrons. The molecule has 2 aromatic rings. The number of carboxylic acid groups (broad SMARTS) is 1. The molecule has 1 N–H and O–H groups in total. The number of benzene rings is 2. The summed E-state index contributed by atoms with van der Waals surface area (Å²) in [4.78, 5) is 11.0. The van der Waals surface area contributed by atoms with Gasteiger partial charge in [0.2, 0.25) is 0 Å². The summed E-state index contributed by atoms with van der Waals surface area (Å²) in [6, 6.07) is 14.6. The highest BCUT2D eigenvalue weighted by molar-refractivity contribution is 5.90. The molecule has 0 aromatic heterocycles. The van der Waals surface area contributed by atoms with Gasteiger partial charge in [0.05, 0.1) is 12.7 Å². The predicted molar refractivity (Wildman–Crippen MR) is 65.4 cm³/mol. The number of aromatic carboxylic acids is 1. The molecule has 0 radical (unpaired) electrons. The third-order valence-electron chi connectivity index (χ3n) is 2.50. The Balaban J connectivity index is 2.54. The molecule has 0 saturated carbocycles. The maximum Gasteiger partial charge on any atom is 0.335 e. The molecule has 0 bridgehead atoms. The fourth-order valence-electron chi connectivity index (χ4n) is 1.64. The number of ether oxygens (including phenoxy) is 1. The molecule has 0 unspecified atom stereocenters. The van der Waals surface area contributed by atoms with Gasteiger partial charge in [0.1, 0.15) is 5.75 Å². The van der Waals surface area contributed by atoms with Crippen LogP contribution in [0.4, 0.5) is 0 Å². The van der Waals surface area contributed by atoms with E-state index in [2.05, 4.69) is 0 Å². The fraction of sp³-hybridized carbons (Fsp3) is 0.0714. The Kier molecular flexibility index (Phi) is 3.10. The number of hydrogen-bond acceptors (Lipinski definition) is 2. The van der Waals surface area contributed by atoms with Crippen molar-refractivity contribution in [3.8, 4) is 16.9 Å². The van der Waals surface area contributed by atoms with Gasteiger partial charge in [-0.1, -0.05) is 30.3 Å². The van der Waals surface area contributed by atoms with Crippen LogP contribution in [0.15, 0.2) is 48.5 Å². The van der Waals surface area contributed by atoms with E-state index in [1.807, 2.05) is 36.4 Å². The van der Waals surface area contributed by atoms with Crippen molar-refractivity contribution in [2.75, 3.05) is 7.11 Å². The van der Waals surface area contributed by atoms with Crippen molar-refractivity contribution in [1.82, 2.24) is 0 Å². The van der Waals surface area contributed by atoms with E-state index in [1.165, 1.54) is 13.2 Å². The van der Waals surface area contributed by atoms with Gasteiger partial charge in [-0.2, -0.15) is 0 Å². The van der Waals surface area contributed by atoms with Crippen molar-refractivity contribution < 1.29 is 14.6 Å². The number of carboxylic acids is 1. The smallest absolute Gasteiger partial charge is 0.335 e. The Bertz CT molecular complexity index is 532. The van der Waals surface area contributed by atoms with Gasteiger partial charge in [-0.15, -0.1) is 0 Å². The predicted octanol–water partition coefficient (Wildman–Crippen LogP) is 3.06. The van der Waals surface area contributed by atoms with E-state index >= 15 is 0 Å². The molecule has 0 aliphatic rings. The average molecular weight is 228 g/mol. The van der Waals surface area contributed by atoms with Crippen molar-refractivity contribution in [2.45, 2.75) is 0 Å². The van der Waals surface area contributed by atoms with E-state index in [0.717, 1.165) is 11.1 Å². The number of hydrogen-bond donors (Lipinski definition) is 1. The molecule has 0 aliphatic carbocycles. The zero-order valence-corrected chi connectivity index (χ0v) is 9.38. The average Bonchev–Trinajstić information content (AvgIpc) is 2.39. The quantitative estimate of drug-likeness (QED) is 0.878. The van der Waals surface area contributed by atoms with E-state index in [4.69, 9.17) is 9.84 Å². The number of carbonyl (C=O) groups is 1. The van der Waals surface area contributed by atoms with Gasteiger partial charge in [0.15, 0.2) is 0 Å². The maximum atomic E-state index is 11.0. The van der Waals surface area contributed by atoms with Gasteiger partial charge in [0.25, 0.3) is 0 Å². The molecule has 3 nitrogen and oxygen atoms in total. The standard InChI is InChI=1S/C14H12O3/c1-17-13-8-11(7-12(9-13)14(15)16)10-5-3-2-4-6-10/h2-9H,1H3,(H,15,16). The molecule has 0 atom stereocenters. The first kappa shape index (κ1) is 11.2. The van der Waals surface area contributed by atoms with Crippen LogP contribution in [0.5, 0.6) is 5.75 Å². The Hall–Kier alpha value is -2.29. The molecule has 3 heteroatoms. The summed E-state index contributed by atoms with van der Waals surface area (Å²) in [7, 11) is 1.52. The zero-order chi connectivity index (χ0) is 12.3. The van der Waals surface area contributed by atoms with Gasteiger partial charge < -0.3 is 9.84 Å². The first-order valence-electron chi connectivity index (χ1n) is 5.18. The summed E-state index contributed by atoms with van der Waals surface area (Å²) >= 11 is 0. The lowest BCUT2D eigenvalue weighted by Gasteiger charge is -2.07. The lowest BCUT2D eigenvalue weighted by atomic mass is 10.0. The Morgan fingerprint density at radius 1 is 1.06 bits per heavy atom. The van der Waals surface area contributed by atoms with Crippen molar-refractivity contribution in [1.29, 1.82) is 0 Å². The number of methoxy groups -OCH3 is 1. The monoisotopic (exact) mass is 228 g/mol. The molecular formula is C14H12O3. The summed E-state index contributed by atoms with van der Waals surface area (Å²) in [5, 5.41) is 9.02. The molecule has 0 spiro atoms. The molecule has 17 heavy (non-hydrogen) atoms. The van der Waals surface area contributed by atoms with Crippen LogP contribution in [0, 0.1) is 0 Å². The molecule has 0 heterocycles. The van der Waals surface area contributed by atoms with Crippen LogP contribution < -0.4 is 4.74 Å². The normalized spacial score (nSPS) is 9.94. The Morgan fingerprint density at radius 2 is 1.76 bits per heavy atom. The largest absolute Gasteiger partial charge is 0.497 e. The minimum atomic E-state index is -0.957. The van der Waals surface area contributed by atoms with Crippen LogP contribution in [0.2, 0.25) is 0 Å². The van der Waals surface area contributed by atoms with Crippen LogP contribution in [0.25, 0.3) is 11.1 Å². The summed E-state index contributed by atoms with van der Waals surface area (Å²) in [6.45, 7) is 0. The first-order chi connectivity index (χ1) is 8.20. The van der Waals surface area contributed by atoms with Gasteiger partial charge >= 0.3 is 5.97 Å². The summed E-state index contributed by atoms with van der Waals surface area (Å²) in [5.41, 5.74) is 2.03. The van der Waals surface area contributed by atoms with E-state index in [0.29, 0.717) is 5.75 Å². The van der Waals surface area contributed by atoms with E-state index in [1.54, 1.807) is 6.07 Å². The third kappa shape index (κ3) is 2.45. The lowest BCUT2D eigenvalue weighted by Crippen LogP contribution is -1.97. The topological polar surface area (TPSA) is 46.5 Å². The molecule has 0 saturated heterocycles. The van der Waals surface area contributed by atoms with Crippen molar-refractivity contribution in [2.24, 2.45) is 0 Å². The first-order valence-corrected chi connectivity index (χ1v) is 5.18. The van der Waals surface area contributed by atoms with Crippen molar-refractivity contribution >= 4 is 5.97 Å². The maximum absolute atomic E-state index is 11.0. The fourth-order valence-corrected chi connectivity index (χ4v) is 1.64. The molecule has 2 aromatic carbocycles. The second-order valence-corrected chi connectivity index (χ2v) is 3.62. The summed E-state index contributed by atoms with van der Waals surface area (Å²) in [5.74, 6) is -0.412. The van der Waals surface area contributed by atoms with Crippen LogP contribution >= 0.6 is 0 Å². The second kappa shape index (κ2) is 4.70. The van der Waals surface area contributed by atoms with Gasteiger partial charge in [-0.05, 0) is 29.3 Å². The summed E-state index contributed by atoms with van der Waals surface area (Å²) in [6.07, 6.45) is 0. The van der Waals surface area contributed by atoms with Crippen molar-refractivity contribution in [3.05, 3.63) is 54.1 Å². The van der Waals surface area contributed by atoms with Crippen LogP contribution in [0.3, 0.4) is 0 Å². The van der Waals surface area contributed by atoms with Gasteiger partial charge in [-0.25, -0.2) is 4.79 Å².